The average molecular weight is 584 g/mol. The van der Waals surface area contributed by atoms with Crippen LogP contribution >= 0.6 is 34.8 Å². The smallest absolute Gasteiger partial charge is 0.255 e. The summed E-state index contributed by atoms with van der Waals surface area (Å²) in [6.07, 6.45) is 1.87. The molecule has 4 rings (SSSR count). The molecule has 0 saturated heterocycles. The fourth-order valence-electron chi connectivity index (χ4n) is 4.13. The summed E-state index contributed by atoms with van der Waals surface area (Å²) in [4.78, 5) is 32.9. The van der Waals surface area contributed by atoms with Gasteiger partial charge >= 0.3 is 0 Å². The Labute approximate surface area is 243 Å². The number of aromatic nitrogens is 2. The monoisotopic (exact) mass is 582 g/mol. The Hall–Kier alpha value is -3.32. The van der Waals surface area contributed by atoms with Gasteiger partial charge in [0.05, 0.1) is 16.3 Å². The van der Waals surface area contributed by atoms with Crippen LogP contribution in [0.5, 0.6) is 0 Å². The van der Waals surface area contributed by atoms with Gasteiger partial charge in [0.25, 0.3) is 5.91 Å². The maximum absolute atomic E-state index is 13.4. The van der Waals surface area contributed by atoms with Gasteiger partial charge in [0.2, 0.25) is 11.9 Å². The number of aryl methyl sites for hydroxylation is 2. The number of hydrogen-bond donors (Lipinski definition) is 1. The molecule has 0 radical (unpaired) electrons. The van der Waals surface area contributed by atoms with Crippen molar-refractivity contribution in [2.45, 2.75) is 27.7 Å². The number of carbonyl (C=O) groups is 2. The third-order valence-electron chi connectivity index (χ3n) is 6.23. The number of amides is 2. The molecule has 1 heterocycles. The molecule has 0 bridgehead atoms. The molecule has 0 aliphatic rings. The first-order valence-corrected chi connectivity index (χ1v) is 13.6. The molecule has 0 unspecified atom stereocenters. The van der Waals surface area contributed by atoms with Crippen molar-refractivity contribution in [2.75, 3.05) is 18.4 Å². The van der Waals surface area contributed by atoms with Gasteiger partial charge in [0.1, 0.15) is 6.54 Å². The Morgan fingerprint density at radius 2 is 1.62 bits per heavy atom. The summed E-state index contributed by atoms with van der Waals surface area (Å²) in [5, 5.41) is 4.20. The van der Waals surface area contributed by atoms with E-state index in [1.165, 1.54) is 11.0 Å². The highest BCUT2D eigenvalue weighted by atomic mass is 35.5. The molecule has 202 valence electrons. The highest BCUT2D eigenvalue weighted by Gasteiger charge is 2.23. The number of carbonyl (C=O) groups excluding carboxylic acids is 2. The molecule has 4 aromatic rings. The maximum Gasteiger partial charge on any atom is 0.255 e. The highest BCUT2D eigenvalue weighted by Crippen LogP contribution is 2.27. The van der Waals surface area contributed by atoms with E-state index < -0.39 is 0 Å². The zero-order valence-electron chi connectivity index (χ0n) is 22.1. The summed E-state index contributed by atoms with van der Waals surface area (Å²) in [6.45, 7) is 8.23. The lowest BCUT2D eigenvalue weighted by atomic mass is 10.1. The molecule has 9 heteroatoms. The zero-order valence-corrected chi connectivity index (χ0v) is 24.4. The van der Waals surface area contributed by atoms with Crippen molar-refractivity contribution >= 4 is 52.6 Å². The van der Waals surface area contributed by atoms with Gasteiger partial charge in [-0.1, -0.05) is 66.8 Å². The maximum atomic E-state index is 13.4. The van der Waals surface area contributed by atoms with Gasteiger partial charge in [-0.2, -0.15) is 0 Å². The van der Waals surface area contributed by atoms with Crippen LogP contribution in [-0.2, 0) is 4.79 Å². The van der Waals surface area contributed by atoms with Crippen LogP contribution in [0.4, 0.5) is 5.95 Å². The van der Waals surface area contributed by atoms with E-state index in [-0.39, 0.29) is 34.9 Å². The molecule has 3 aromatic carbocycles. The minimum Gasteiger partial charge on any atom is -0.329 e. The SMILES string of the molecule is Cc1ccc(-n2cc(-c3ccc(Cl)cc3)nc2NC(=O)CN(CC(C)C)C(=O)c2ccc(Cl)cc2Cl)cc1C. The molecule has 0 spiro atoms. The van der Waals surface area contributed by atoms with E-state index in [1.807, 2.05) is 68.8 Å². The van der Waals surface area contributed by atoms with Gasteiger partial charge in [-0.3, -0.25) is 19.5 Å². The van der Waals surface area contributed by atoms with E-state index in [2.05, 4.69) is 5.32 Å². The number of nitrogens with zero attached hydrogens (tertiary/aromatic N) is 3. The number of anilines is 1. The molecule has 0 aliphatic heterocycles. The summed E-state index contributed by atoms with van der Waals surface area (Å²) in [5.41, 5.74) is 4.93. The van der Waals surface area contributed by atoms with E-state index in [0.29, 0.717) is 28.2 Å². The lowest BCUT2D eigenvalue weighted by Crippen LogP contribution is -2.40. The molecular formula is C30H29Cl3N4O2. The van der Waals surface area contributed by atoms with Crippen molar-refractivity contribution in [3.63, 3.8) is 0 Å². The van der Waals surface area contributed by atoms with Crippen LogP contribution in [0, 0.1) is 19.8 Å². The van der Waals surface area contributed by atoms with E-state index in [0.717, 1.165) is 22.4 Å². The second kappa shape index (κ2) is 12.2. The van der Waals surface area contributed by atoms with Crippen molar-refractivity contribution in [2.24, 2.45) is 5.92 Å². The van der Waals surface area contributed by atoms with Gasteiger partial charge < -0.3 is 4.90 Å². The first-order chi connectivity index (χ1) is 18.5. The Kier molecular flexibility index (Phi) is 9.01. The quantitative estimate of drug-likeness (QED) is 0.230. The summed E-state index contributed by atoms with van der Waals surface area (Å²) >= 11 is 18.4. The minimum absolute atomic E-state index is 0.127. The Morgan fingerprint density at radius 3 is 2.26 bits per heavy atom. The van der Waals surface area contributed by atoms with Crippen LogP contribution in [0.2, 0.25) is 15.1 Å². The number of halogens is 3. The van der Waals surface area contributed by atoms with Gasteiger partial charge in [0, 0.05) is 34.0 Å². The van der Waals surface area contributed by atoms with Gasteiger partial charge in [-0.25, -0.2) is 4.98 Å². The fraction of sp³-hybridized carbons (Fsp3) is 0.233. The van der Waals surface area contributed by atoms with E-state index in [9.17, 15) is 9.59 Å². The van der Waals surface area contributed by atoms with Crippen molar-refractivity contribution in [1.29, 1.82) is 0 Å². The topological polar surface area (TPSA) is 67.2 Å². The molecule has 2 amide bonds. The predicted octanol–water partition coefficient (Wildman–Crippen LogP) is 7.85. The van der Waals surface area contributed by atoms with Crippen LogP contribution in [0.25, 0.3) is 16.9 Å². The number of nitrogens with one attached hydrogen (secondary N) is 1. The standard InChI is InChI=1S/C30H29Cl3N4O2/c1-18(2)15-36(29(39)25-12-10-23(32)14-26(25)33)17-28(38)35-30-34-27(21-6-8-22(31)9-7-21)16-37(30)24-11-5-19(3)20(4)13-24/h5-14,16,18H,15,17H2,1-4H3,(H,34,35,38). The molecule has 6 nitrogen and oxygen atoms in total. The van der Waals surface area contributed by atoms with E-state index in [1.54, 1.807) is 24.3 Å². The lowest BCUT2D eigenvalue weighted by molar-refractivity contribution is -0.117. The summed E-state index contributed by atoms with van der Waals surface area (Å²) in [5.74, 6) is -0.260. The van der Waals surface area contributed by atoms with Crippen molar-refractivity contribution in [3.8, 4) is 16.9 Å². The highest BCUT2D eigenvalue weighted by molar-refractivity contribution is 6.36. The Bertz CT molecular complexity index is 1510. The van der Waals surface area contributed by atoms with Crippen molar-refractivity contribution in [1.82, 2.24) is 14.5 Å². The van der Waals surface area contributed by atoms with Crippen LogP contribution in [0.3, 0.4) is 0 Å². The summed E-state index contributed by atoms with van der Waals surface area (Å²) < 4.78 is 1.83. The van der Waals surface area contributed by atoms with Crippen LogP contribution in [0.15, 0.2) is 66.9 Å². The second-order valence-corrected chi connectivity index (χ2v) is 11.1. The third-order valence-corrected chi connectivity index (χ3v) is 7.03. The van der Waals surface area contributed by atoms with E-state index >= 15 is 0 Å². The van der Waals surface area contributed by atoms with E-state index in [4.69, 9.17) is 39.8 Å². The number of rotatable bonds is 8. The zero-order chi connectivity index (χ0) is 28.3. The lowest BCUT2D eigenvalue weighted by Gasteiger charge is -2.24. The number of hydrogen-bond acceptors (Lipinski definition) is 3. The minimum atomic E-state index is -0.382. The van der Waals surface area contributed by atoms with Crippen molar-refractivity contribution < 1.29 is 9.59 Å². The Morgan fingerprint density at radius 1 is 0.923 bits per heavy atom. The second-order valence-electron chi connectivity index (χ2n) is 9.85. The third kappa shape index (κ3) is 7.01. The fourth-order valence-corrected chi connectivity index (χ4v) is 4.75. The summed E-state index contributed by atoms with van der Waals surface area (Å²) in [7, 11) is 0. The van der Waals surface area contributed by atoms with Gasteiger partial charge in [0.15, 0.2) is 0 Å². The summed E-state index contributed by atoms with van der Waals surface area (Å²) in [6, 6.07) is 18.1. The largest absolute Gasteiger partial charge is 0.329 e. The van der Waals surface area contributed by atoms with Crippen molar-refractivity contribution in [3.05, 3.63) is 98.6 Å². The first-order valence-electron chi connectivity index (χ1n) is 12.5. The van der Waals surface area contributed by atoms with Crippen LogP contribution in [0.1, 0.15) is 35.3 Å². The molecular weight excluding hydrogens is 555 g/mol. The normalized spacial score (nSPS) is 11.1. The Balaban J connectivity index is 1.65. The van der Waals surface area contributed by atoms with Crippen LogP contribution in [-0.4, -0.2) is 39.4 Å². The molecule has 0 fully saturated rings. The van der Waals surface area contributed by atoms with Gasteiger partial charge in [-0.05, 0) is 73.4 Å². The molecule has 0 saturated carbocycles. The predicted molar refractivity (Wildman–Crippen MR) is 159 cm³/mol. The average Bonchev–Trinajstić information content (AvgIpc) is 3.28. The van der Waals surface area contributed by atoms with Crippen LogP contribution < -0.4 is 5.32 Å². The van der Waals surface area contributed by atoms with Gasteiger partial charge in [-0.15, -0.1) is 0 Å². The number of imidazole rings is 1. The first kappa shape index (κ1) is 28.7. The molecule has 0 aliphatic carbocycles. The molecule has 1 N–H and O–H groups in total. The molecule has 1 aromatic heterocycles. The molecule has 39 heavy (non-hydrogen) atoms. The number of benzene rings is 3. The molecule has 0 atom stereocenters.